The van der Waals surface area contributed by atoms with E-state index in [1.807, 2.05) is 0 Å². The molecule has 2 unspecified atom stereocenters. The summed E-state index contributed by atoms with van der Waals surface area (Å²) in [5, 5.41) is 1.85. The lowest BCUT2D eigenvalue weighted by molar-refractivity contribution is -0.137. The number of aliphatic imine (C=N–C) groups is 1. The van der Waals surface area contributed by atoms with Gasteiger partial charge in [-0.15, -0.1) is 0 Å². The molecule has 0 spiro atoms. The lowest BCUT2D eigenvalue weighted by Crippen LogP contribution is -2.36. The lowest BCUT2D eigenvalue weighted by Gasteiger charge is -2.20. The molecule has 32 heavy (non-hydrogen) atoms. The molecular formula is C21H16ClF5N2O3. The Balaban J connectivity index is 1.73. The summed E-state index contributed by atoms with van der Waals surface area (Å²) < 4.78 is 76.8. The normalized spacial score (nSPS) is 16.8. The summed E-state index contributed by atoms with van der Waals surface area (Å²) in [6.07, 6.45) is -2.86. The first-order chi connectivity index (χ1) is 15.0. The zero-order valence-corrected chi connectivity index (χ0v) is 17.4. The van der Waals surface area contributed by atoms with E-state index in [2.05, 4.69) is 10.3 Å². The van der Waals surface area contributed by atoms with E-state index in [1.165, 1.54) is 26.0 Å². The average molecular weight is 475 g/mol. The van der Waals surface area contributed by atoms with Crippen molar-refractivity contribution >= 4 is 23.6 Å². The minimum atomic E-state index is -4.70. The molecule has 1 heterocycles. The maximum absolute atomic E-state index is 13.8. The molecule has 1 N–H and O–H groups in total. The fourth-order valence-corrected chi connectivity index (χ4v) is 3.03. The van der Waals surface area contributed by atoms with Gasteiger partial charge in [0.05, 0.1) is 22.9 Å². The summed E-state index contributed by atoms with van der Waals surface area (Å²) >= 11 is 5.77. The van der Waals surface area contributed by atoms with Crippen molar-refractivity contribution in [2.45, 2.75) is 32.1 Å². The van der Waals surface area contributed by atoms with Crippen LogP contribution in [0.25, 0.3) is 0 Å². The quantitative estimate of drug-likeness (QED) is 0.598. The molecule has 3 rings (SSSR count). The topological polar surface area (TPSA) is 59.9 Å². The van der Waals surface area contributed by atoms with Gasteiger partial charge in [0.1, 0.15) is 11.6 Å². The standard InChI is InChI=1S/C21H16ClF5N2O3/c1-10-14(23)8-12(9-15(10)24)11(2)28-19(30)16-6-7-31-20(29-16)32-17-5-3-4-13(18(17)22)21(25,26)27/h3-9,11,16H,1-2H3,(H,28,30). The van der Waals surface area contributed by atoms with Gasteiger partial charge in [0.25, 0.3) is 0 Å². The number of ether oxygens (including phenoxy) is 2. The van der Waals surface area contributed by atoms with Gasteiger partial charge >= 0.3 is 12.3 Å². The first-order valence-corrected chi connectivity index (χ1v) is 9.55. The molecule has 5 nitrogen and oxygen atoms in total. The number of hydrogen-bond acceptors (Lipinski definition) is 4. The largest absolute Gasteiger partial charge is 0.419 e. The Morgan fingerprint density at radius 3 is 2.53 bits per heavy atom. The van der Waals surface area contributed by atoms with Crippen LogP contribution in [0.1, 0.15) is 29.7 Å². The van der Waals surface area contributed by atoms with Crippen molar-refractivity contribution in [3.05, 3.63) is 76.0 Å². The number of hydrogen-bond donors (Lipinski definition) is 1. The Hall–Kier alpha value is -3.14. The molecule has 0 aliphatic carbocycles. The third-order valence-electron chi connectivity index (χ3n) is 4.57. The second kappa shape index (κ2) is 9.15. The number of carbonyl (C=O) groups excluding carboxylic acids is 1. The molecule has 1 amide bonds. The van der Waals surface area contributed by atoms with Crippen molar-refractivity contribution in [2.75, 3.05) is 0 Å². The molecule has 0 fully saturated rings. The molecule has 0 radical (unpaired) electrons. The third-order valence-corrected chi connectivity index (χ3v) is 4.96. The fraction of sp³-hybridized carbons (Fsp3) is 0.238. The van der Waals surface area contributed by atoms with Gasteiger partial charge < -0.3 is 14.8 Å². The van der Waals surface area contributed by atoms with E-state index in [0.717, 1.165) is 30.5 Å². The Morgan fingerprint density at radius 2 is 1.91 bits per heavy atom. The second-order valence-electron chi connectivity index (χ2n) is 6.84. The molecule has 2 aromatic rings. The van der Waals surface area contributed by atoms with Crippen molar-refractivity contribution in [3.63, 3.8) is 0 Å². The summed E-state index contributed by atoms with van der Waals surface area (Å²) in [7, 11) is 0. The zero-order valence-electron chi connectivity index (χ0n) is 16.6. The summed E-state index contributed by atoms with van der Waals surface area (Å²) in [6.45, 7) is 2.81. The van der Waals surface area contributed by atoms with Crippen LogP contribution < -0.4 is 10.1 Å². The highest BCUT2D eigenvalue weighted by molar-refractivity contribution is 6.33. The first-order valence-electron chi connectivity index (χ1n) is 9.18. The number of nitrogens with one attached hydrogen (secondary N) is 1. The highest BCUT2D eigenvalue weighted by Gasteiger charge is 2.34. The van der Waals surface area contributed by atoms with Crippen molar-refractivity contribution in [1.82, 2.24) is 5.32 Å². The van der Waals surface area contributed by atoms with E-state index in [9.17, 15) is 26.7 Å². The number of halogens is 6. The van der Waals surface area contributed by atoms with Crippen LogP contribution in [0.5, 0.6) is 5.75 Å². The Morgan fingerprint density at radius 1 is 1.25 bits per heavy atom. The van der Waals surface area contributed by atoms with E-state index >= 15 is 0 Å². The van der Waals surface area contributed by atoms with Gasteiger partial charge in [-0.1, -0.05) is 17.7 Å². The van der Waals surface area contributed by atoms with Crippen molar-refractivity contribution in [1.29, 1.82) is 0 Å². The van der Waals surface area contributed by atoms with Crippen molar-refractivity contribution < 1.29 is 36.2 Å². The Kier molecular flexibility index (Phi) is 6.73. The van der Waals surface area contributed by atoms with Gasteiger partial charge in [-0.25, -0.2) is 8.78 Å². The molecule has 170 valence electrons. The van der Waals surface area contributed by atoms with Gasteiger partial charge in [0.15, 0.2) is 11.8 Å². The second-order valence-corrected chi connectivity index (χ2v) is 7.22. The van der Waals surface area contributed by atoms with E-state index in [0.29, 0.717) is 0 Å². The first kappa shape index (κ1) is 23.5. The van der Waals surface area contributed by atoms with Crippen LogP contribution in [0.3, 0.4) is 0 Å². The molecule has 11 heteroatoms. The monoisotopic (exact) mass is 474 g/mol. The maximum atomic E-state index is 13.8. The van der Waals surface area contributed by atoms with Gasteiger partial charge in [0, 0.05) is 5.56 Å². The van der Waals surface area contributed by atoms with Crippen LogP contribution in [0.15, 0.2) is 47.7 Å². The summed E-state index contributed by atoms with van der Waals surface area (Å²) in [5.74, 6) is -2.53. The number of rotatable bonds is 4. The molecule has 0 aromatic heterocycles. The molecule has 2 atom stereocenters. The van der Waals surface area contributed by atoms with Crippen LogP contribution in [0.2, 0.25) is 5.02 Å². The molecule has 2 aromatic carbocycles. The van der Waals surface area contributed by atoms with Gasteiger partial charge in [-0.05, 0) is 49.8 Å². The van der Waals surface area contributed by atoms with Gasteiger partial charge in [-0.3, -0.25) is 4.79 Å². The fourth-order valence-electron chi connectivity index (χ4n) is 2.75. The number of amides is 1. The average Bonchev–Trinajstić information content (AvgIpc) is 2.72. The smallest absolute Gasteiger partial charge is 0.417 e. The number of carbonyl (C=O) groups is 1. The predicted octanol–water partition coefficient (Wildman–Crippen LogP) is 5.47. The lowest BCUT2D eigenvalue weighted by atomic mass is 10.0. The molecule has 0 bridgehead atoms. The summed E-state index contributed by atoms with van der Waals surface area (Å²) in [6, 6.07) is 3.35. The maximum Gasteiger partial charge on any atom is 0.417 e. The molecular weight excluding hydrogens is 459 g/mol. The summed E-state index contributed by atoms with van der Waals surface area (Å²) in [5.41, 5.74) is -1.05. The minimum Gasteiger partial charge on any atom is -0.419 e. The molecule has 1 aliphatic heterocycles. The predicted molar refractivity (Wildman–Crippen MR) is 106 cm³/mol. The zero-order chi connectivity index (χ0) is 23.6. The van der Waals surface area contributed by atoms with Crippen LogP contribution in [-0.4, -0.2) is 18.0 Å². The number of nitrogens with zero attached hydrogens (tertiary/aromatic N) is 1. The molecule has 0 saturated heterocycles. The van der Waals surface area contributed by atoms with Crippen LogP contribution in [0.4, 0.5) is 22.0 Å². The minimum absolute atomic E-state index is 0.140. The van der Waals surface area contributed by atoms with E-state index in [1.54, 1.807) is 0 Å². The van der Waals surface area contributed by atoms with E-state index in [-0.39, 0.29) is 16.9 Å². The van der Waals surface area contributed by atoms with Crippen LogP contribution >= 0.6 is 11.6 Å². The number of alkyl halides is 3. The van der Waals surface area contributed by atoms with Crippen LogP contribution in [-0.2, 0) is 15.7 Å². The molecule has 1 aliphatic rings. The Labute approximate surface area is 184 Å². The summed E-state index contributed by atoms with van der Waals surface area (Å²) in [4.78, 5) is 16.4. The number of benzene rings is 2. The SMILES string of the molecule is Cc1c(F)cc(C(C)NC(=O)C2C=COC(Oc3cccc(C(F)(F)F)c3Cl)=N2)cc1F. The van der Waals surface area contributed by atoms with Crippen molar-refractivity contribution in [2.24, 2.45) is 4.99 Å². The highest BCUT2D eigenvalue weighted by atomic mass is 35.5. The van der Waals surface area contributed by atoms with Crippen molar-refractivity contribution in [3.8, 4) is 5.75 Å². The van der Waals surface area contributed by atoms with Gasteiger partial charge in [0.2, 0.25) is 5.91 Å². The van der Waals surface area contributed by atoms with E-state index < -0.39 is 52.5 Å². The third kappa shape index (κ3) is 5.18. The van der Waals surface area contributed by atoms with Gasteiger partial charge in [-0.2, -0.15) is 18.2 Å². The highest BCUT2D eigenvalue weighted by Crippen LogP contribution is 2.39. The van der Waals surface area contributed by atoms with Crippen LogP contribution in [0, 0.1) is 18.6 Å². The van der Waals surface area contributed by atoms with E-state index in [4.69, 9.17) is 21.1 Å². The molecule has 0 saturated carbocycles. The Bertz CT molecular complexity index is 1080.